The largest absolute Gasteiger partial charge is 0.333 e. The van der Waals surface area contributed by atoms with Crippen molar-refractivity contribution in [3.63, 3.8) is 0 Å². The molecule has 0 saturated heterocycles. The van der Waals surface area contributed by atoms with Gasteiger partial charge in [-0.25, -0.2) is 0 Å². The second-order valence-corrected chi connectivity index (χ2v) is 14.9. The van der Waals surface area contributed by atoms with E-state index in [0.29, 0.717) is 6.90 Å². The Balaban J connectivity index is -0.000000176. The van der Waals surface area contributed by atoms with Gasteiger partial charge in [-0.15, -0.1) is 0 Å². The van der Waals surface area contributed by atoms with Crippen molar-refractivity contribution in [2.24, 2.45) is 76.4 Å². The van der Waals surface area contributed by atoms with Gasteiger partial charge in [0.25, 0.3) is 0 Å². The molecule has 0 amide bonds. The van der Waals surface area contributed by atoms with Crippen LogP contribution in [0.25, 0.3) is 0 Å². The van der Waals surface area contributed by atoms with E-state index in [1.54, 1.807) is 0 Å². The molecule has 0 aromatic rings. The molecule has 8 atom stereocenters. The van der Waals surface area contributed by atoms with Crippen LogP contribution >= 0.6 is 37.2 Å². The molecule has 45 heavy (non-hydrogen) atoms. The standard InChI is InChI=1S/C17H32.C13H28.C7H16.3CH5N.I2/c1-12-7-5-9-16(14(12)3)11-17-10-6-8-13(2)15(17)4;1-10(2)7-12(5)9-13(6)8-11(3)4;1-3-5-7-6-4-2;4*1-2/h12-17H,5-11H2,1-4H3;10-13H,7-9H2,1-6H3;3-7H2,1-2H3;3*2H2,1H3;/i;;1T;1D;1H;;. The lowest BCUT2D eigenvalue weighted by molar-refractivity contribution is 0.0995. The molecule has 2 aliphatic carbocycles. The van der Waals surface area contributed by atoms with E-state index in [-0.39, 0.29) is 14.0 Å². The van der Waals surface area contributed by atoms with Crippen molar-refractivity contribution in [3.8, 4) is 0 Å². The van der Waals surface area contributed by atoms with Crippen molar-refractivity contribution in [3.05, 3.63) is 0 Å². The summed E-state index contributed by atoms with van der Waals surface area (Å²) in [6, 6.07) is 0. The van der Waals surface area contributed by atoms with Gasteiger partial charge in [-0.05, 0) is 106 Å². The molecule has 0 aliphatic heterocycles. The van der Waals surface area contributed by atoms with Crippen LogP contribution < -0.4 is 17.2 Å². The highest BCUT2D eigenvalue weighted by atomic mass is 128. The van der Waals surface area contributed by atoms with E-state index in [1.807, 2.05) is 0 Å². The Labute approximate surface area is 316 Å². The Morgan fingerprint density at radius 2 is 1.07 bits per heavy atom. The van der Waals surface area contributed by atoms with Crippen LogP contribution in [0.5, 0.6) is 0 Å². The van der Waals surface area contributed by atoms with Crippen LogP contribution in [-0.2, 0) is 0 Å². The number of hydrogen-bond donors (Lipinski definition) is 3. The molecule has 2 fully saturated rings. The fraction of sp³-hybridized carbons (Fsp3) is 1.00. The first-order valence-electron chi connectivity index (χ1n) is 20.9. The molecule has 0 aromatic carbocycles. The SMILES string of the molecule is CC(C)CC(C)CC(C)CC(C)C.CC1CCCC(CC2CCCC(C)C2C)C1C.CN.II.[1H]CN.[2H]CN.[3H]CCCCCCC. The smallest absolute Gasteiger partial charge is 0.0389 e. The minimum Gasteiger partial charge on any atom is -0.333 e. The Bertz CT molecular complexity index is 530. The summed E-state index contributed by atoms with van der Waals surface area (Å²) in [4.78, 5) is 0. The molecule has 6 N–H and O–H groups in total. The van der Waals surface area contributed by atoms with Gasteiger partial charge in [-0.1, -0.05) is 154 Å². The maximum atomic E-state index is 6.84. The van der Waals surface area contributed by atoms with Gasteiger partial charge in [0.2, 0.25) is 0 Å². The van der Waals surface area contributed by atoms with Crippen molar-refractivity contribution >= 4 is 37.2 Å². The first-order chi connectivity index (χ1) is 22.7. The molecular weight excluding hydrogens is 776 g/mol. The normalized spacial score (nSPS) is 25.8. The maximum Gasteiger partial charge on any atom is 0.0389 e. The van der Waals surface area contributed by atoms with Crippen LogP contribution in [0.3, 0.4) is 0 Å². The lowest BCUT2D eigenvalue weighted by Crippen LogP contribution is -2.31. The molecule has 2 aliphatic rings. The molecule has 5 heteroatoms. The monoisotopic (exact) mass is 871 g/mol. The Morgan fingerprint density at radius 1 is 0.711 bits per heavy atom. The minimum atomic E-state index is 0. The van der Waals surface area contributed by atoms with Gasteiger partial charge in [0.1, 0.15) is 0 Å². The van der Waals surface area contributed by atoms with Crippen LogP contribution in [0, 0.1) is 59.2 Å². The summed E-state index contributed by atoms with van der Waals surface area (Å²) in [6.07, 6.45) is 21.1. The average molecular weight is 871 g/mol. The lowest BCUT2D eigenvalue weighted by atomic mass is 9.65. The number of unbranched alkanes of at least 4 members (excludes halogenated alkanes) is 4. The zero-order valence-electron chi connectivity index (χ0n) is 36.0. The molecule has 0 heterocycles. The number of nitrogens with two attached hydrogens (primary N) is 3. The Morgan fingerprint density at radius 3 is 1.38 bits per heavy atom. The molecule has 0 spiro atoms. The van der Waals surface area contributed by atoms with E-state index < -0.39 is 0 Å². The Hall–Kier alpha value is 1.34. The second kappa shape index (κ2) is 41.5. The summed E-state index contributed by atoms with van der Waals surface area (Å²) in [5.41, 5.74) is 13.5. The number of rotatable bonds is 12. The molecule has 0 bridgehead atoms. The fourth-order valence-electron chi connectivity index (χ4n) is 7.53. The zero-order chi connectivity index (χ0) is 38.5. The van der Waals surface area contributed by atoms with Gasteiger partial charge < -0.3 is 17.2 Å². The highest BCUT2D eigenvalue weighted by Crippen LogP contribution is 2.43. The van der Waals surface area contributed by atoms with E-state index in [2.05, 4.69) is 131 Å². The number of halogens is 2. The van der Waals surface area contributed by atoms with Crippen molar-refractivity contribution in [2.45, 2.75) is 179 Å². The molecule has 2 saturated carbocycles. The second-order valence-electron chi connectivity index (χ2n) is 14.9. The quantitative estimate of drug-likeness (QED) is 0.135. The lowest BCUT2D eigenvalue weighted by Gasteiger charge is -2.40. The van der Waals surface area contributed by atoms with E-state index in [0.717, 1.165) is 65.6 Å². The third kappa shape index (κ3) is 35.0. The topological polar surface area (TPSA) is 78.1 Å². The summed E-state index contributed by atoms with van der Waals surface area (Å²) in [5, 5.41) is 0. The van der Waals surface area contributed by atoms with Crippen molar-refractivity contribution < 1.29 is 4.11 Å². The van der Waals surface area contributed by atoms with E-state index in [1.165, 1.54) is 96.9 Å². The molecule has 280 valence electrons. The van der Waals surface area contributed by atoms with Gasteiger partial charge in [0, 0.05) is 41.3 Å². The predicted octanol–water partition coefficient (Wildman–Crippen LogP) is 13.7. The molecular formula is C40H91I2N3. The van der Waals surface area contributed by atoms with Crippen LogP contribution in [0.4, 0.5) is 0 Å². The summed E-state index contributed by atoms with van der Waals surface area (Å²) in [6.45, 7) is 26.9. The highest BCUT2D eigenvalue weighted by molar-refractivity contribution is 15.0. The Kier molecular flexibility index (Phi) is 44.7. The van der Waals surface area contributed by atoms with Gasteiger partial charge in [-0.3, -0.25) is 0 Å². The van der Waals surface area contributed by atoms with Crippen LogP contribution in [-0.4, -0.2) is 21.1 Å². The summed E-state index contributed by atoms with van der Waals surface area (Å²) in [7, 11) is 1.50. The minimum absolute atomic E-state index is 0. The van der Waals surface area contributed by atoms with Crippen LogP contribution in [0.15, 0.2) is 0 Å². The maximum absolute atomic E-state index is 6.84. The fourth-order valence-corrected chi connectivity index (χ4v) is 7.53. The van der Waals surface area contributed by atoms with E-state index in [4.69, 9.17) is 4.11 Å². The number of hydrogen-bond acceptors (Lipinski definition) is 3. The van der Waals surface area contributed by atoms with Gasteiger partial charge in [0.15, 0.2) is 0 Å². The molecule has 3 nitrogen and oxygen atoms in total. The van der Waals surface area contributed by atoms with Crippen molar-refractivity contribution in [1.82, 2.24) is 0 Å². The molecule has 0 radical (unpaired) electrons. The van der Waals surface area contributed by atoms with E-state index >= 15 is 0 Å². The summed E-state index contributed by atoms with van der Waals surface area (Å²) >= 11 is 4.24. The van der Waals surface area contributed by atoms with Crippen LogP contribution in [0.2, 0.25) is 0 Å². The zero-order valence-corrected chi connectivity index (χ0v) is 37.3. The van der Waals surface area contributed by atoms with E-state index in [9.17, 15) is 0 Å². The predicted molar refractivity (Wildman–Crippen MR) is 231 cm³/mol. The summed E-state index contributed by atoms with van der Waals surface area (Å²) < 4.78 is 18.8. The van der Waals surface area contributed by atoms with Gasteiger partial charge in [0.05, 0.1) is 0 Å². The first-order valence-corrected chi connectivity index (χ1v) is 25.0. The van der Waals surface area contributed by atoms with Crippen molar-refractivity contribution in [1.29, 1.82) is 0 Å². The molecule has 0 aromatic heterocycles. The van der Waals surface area contributed by atoms with Crippen molar-refractivity contribution in [2.75, 3.05) is 21.1 Å². The highest BCUT2D eigenvalue weighted by Gasteiger charge is 2.33. The average Bonchev–Trinajstić information content (AvgIpc) is 3.02. The van der Waals surface area contributed by atoms with Crippen LogP contribution in [0.1, 0.15) is 183 Å². The third-order valence-electron chi connectivity index (χ3n) is 10.0. The summed E-state index contributed by atoms with van der Waals surface area (Å²) in [5.74, 6) is 9.54. The first kappa shape index (κ1) is 48.5. The van der Waals surface area contributed by atoms with Gasteiger partial charge >= 0.3 is 0 Å². The molecule has 8 unspecified atom stereocenters. The molecule has 2 rings (SSSR count). The van der Waals surface area contributed by atoms with Gasteiger partial charge in [-0.2, -0.15) is 0 Å². The third-order valence-corrected chi connectivity index (χ3v) is 10.0.